The normalized spacial score (nSPS) is 24.1. The Morgan fingerprint density at radius 1 is 1.36 bits per heavy atom. The third kappa shape index (κ3) is 3.75. The van der Waals surface area contributed by atoms with E-state index < -0.39 is 17.5 Å². The third-order valence-electron chi connectivity index (χ3n) is 5.24. The molecule has 6 nitrogen and oxygen atoms in total. The zero-order chi connectivity index (χ0) is 18.6. The number of carboxylic acid groups (broad SMARTS) is 1. The maximum absolute atomic E-state index is 11.9. The van der Waals surface area contributed by atoms with Gasteiger partial charge in [-0.05, 0) is 25.8 Å². The van der Waals surface area contributed by atoms with Crippen LogP contribution in [0.4, 0.5) is 0 Å². The second-order valence-electron chi connectivity index (χ2n) is 6.81. The van der Waals surface area contributed by atoms with Crippen LogP contribution in [0.1, 0.15) is 37.3 Å². The zero-order valence-corrected chi connectivity index (χ0v) is 15.5. The van der Waals surface area contributed by atoms with Crippen LogP contribution in [0.15, 0.2) is 12.1 Å². The lowest BCUT2D eigenvalue weighted by Gasteiger charge is -2.43. The molecule has 140 valence electrons. The molecule has 0 radical (unpaired) electrons. The molecule has 25 heavy (non-hydrogen) atoms. The lowest BCUT2D eigenvalue weighted by atomic mass is 9.74. The number of carbonyl (C=O) groups is 1. The lowest BCUT2D eigenvalue weighted by molar-refractivity contribution is -0.164. The lowest BCUT2D eigenvalue weighted by Crippen LogP contribution is -2.55. The minimum Gasteiger partial charge on any atom is -0.496 e. The van der Waals surface area contributed by atoms with Gasteiger partial charge in [0.05, 0.1) is 20.3 Å². The van der Waals surface area contributed by atoms with Crippen molar-refractivity contribution in [2.75, 3.05) is 27.3 Å². The highest BCUT2D eigenvalue weighted by atomic mass is 16.5. The minimum atomic E-state index is -1.10. The number of hydrogen-bond acceptors (Lipinski definition) is 5. The Morgan fingerprint density at radius 3 is 2.64 bits per heavy atom. The first-order chi connectivity index (χ1) is 11.9. The molecular weight excluding hydrogens is 322 g/mol. The van der Waals surface area contributed by atoms with E-state index in [2.05, 4.69) is 4.90 Å². The molecule has 0 spiro atoms. The molecule has 1 heterocycles. The average Bonchev–Trinajstić information content (AvgIpc) is 2.58. The molecular formula is C19H29NO5. The first kappa shape index (κ1) is 19.5. The number of carboxylic acids is 1. The van der Waals surface area contributed by atoms with E-state index in [4.69, 9.17) is 9.47 Å². The van der Waals surface area contributed by atoms with E-state index in [1.54, 1.807) is 14.2 Å². The number of nitrogens with zero attached hydrogens (tertiary/aromatic N) is 1. The summed E-state index contributed by atoms with van der Waals surface area (Å²) in [5.74, 6) is 0.617. The number of benzene rings is 1. The number of hydrogen-bond donors (Lipinski definition) is 2. The predicted molar refractivity (Wildman–Crippen MR) is 95.2 cm³/mol. The Balaban J connectivity index is 2.26. The van der Waals surface area contributed by atoms with Gasteiger partial charge in [-0.25, -0.2) is 0 Å². The molecule has 0 bridgehead atoms. The van der Waals surface area contributed by atoms with Crippen LogP contribution in [0.3, 0.4) is 0 Å². The molecule has 2 N–H and O–H groups in total. The van der Waals surface area contributed by atoms with Crippen LogP contribution < -0.4 is 9.47 Å². The highest BCUT2D eigenvalue weighted by Crippen LogP contribution is 2.38. The van der Waals surface area contributed by atoms with E-state index in [9.17, 15) is 15.0 Å². The number of rotatable bonds is 7. The highest BCUT2D eigenvalue weighted by molar-refractivity contribution is 5.76. The van der Waals surface area contributed by atoms with Crippen LogP contribution in [-0.2, 0) is 11.3 Å². The van der Waals surface area contributed by atoms with Crippen molar-refractivity contribution in [2.24, 2.45) is 5.41 Å². The fourth-order valence-electron chi connectivity index (χ4n) is 3.91. The molecule has 1 aliphatic rings. The molecule has 1 aromatic rings. The molecule has 0 amide bonds. The number of ether oxygens (including phenoxy) is 2. The number of aliphatic carboxylic acids is 1. The first-order valence-electron chi connectivity index (χ1n) is 8.73. The Kier molecular flexibility index (Phi) is 6.30. The van der Waals surface area contributed by atoms with Gasteiger partial charge in [-0.1, -0.05) is 19.4 Å². The van der Waals surface area contributed by atoms with Gasteiger partial charge in [0.2, 0.25) is 0 Å². The van der Waals surface area contributed by atoms with Crippen molar-refractivity contribution < 1.29 is 24.5 Å². The number of aliphatic hydroxyl groups is 1. The van der Waals surface area contributed by atoms with Crippen molar-refractivity contribution in [1.82, 2.24) is 4.90 Å². The van der Waals surface area contributed by atoms with Crippen molar-refractivity contribution in [3.05, 3.63) is 23.3 Å². The van der Waals surface area contributed by atoms with Crippen LogP contribution in [0.2, 0.25) is 0 Å². The Morgan fingerprint density at radius 2 is 2.08 bits per heavy atom. The van der Waals surface area contributed by atoms with Gasteiger partial charge >= 0.3 is 5.97 Å². The molecule has 0 aliphatic carbocycles. The molecule has 2 rings (SSSR count). The van der Waals surface area contributed by atoms with Crippen molar-refractivity contribution in [2.45, 2.75) is 45.8 Å². The topological polar surface area (TPSA) is 79.2 Å². The summed E-state index contributed by atoms with van der Waals surface area (Å²) in [7, 11) is 3.25. The van der Waals surface area contributed by atoms with E-state index >= 15 is 0 Å². The van der Waals surface area contributed by atoms with Gasteiger partial charge in [0.25, 0.3) is 0 Å². The number of likely N-dealkylation sites (tertiary alicyclic amines) is 1. The van der Waals surface area contributed by atoms with E-state index in [0.29, 0.717) is 32.5 Å². The van der Waals surface area contributed by atoms with Crippen LogP contribution in [0.25, 0.3) is 0 Å². The molecule has 1 saturated heterocycles. The molecule has 0 saturated carbocycles. The second kappa shape index (κ2) is 8.06. The van der Waals surface area contributed by atoms with Gasteiger partial charge in [0.15, 0.2) is 0 Å². The molecule has 0 aromatic heterocycles. The van der Waals surface area contributed by atoms with Crippen LogP contribution in [0, 0.1) is 12.3 Å². The van der Waals surface area contributed by atoms with Crippen LogP contribution >= 0.6 is 0 Å². The predicted octanol–water partition coefficient (Wildman–Crippen LogP) is 2.45. The standard InChI is InChI=1S/C19H29NO5/c1-5-9-19(18(22)23)12-20(10-8-16(19)21)11-14-6-7-15(24-3)13(2)17(14)25-4/h6-7,16,21H,5,8-12H2,1-4H3,(H,22,23)/t16-,19-/m1/s1. The Bertz CT molecular complexity index is 618. The van der Waals surface area contributed by atoms with Gasteiger partial charge < -0.3 is 19.7 Å². The average molecular weight is 351 g/mol. The van der Waals surface area contributed by atoms with E-state index in [0.717, 1.165) is 29.0 Å². The molecule has 2 atom stereocenters. The van der Waals surface area contributed by atoms with E-state index in [-0.39, 0.29) is 0 Å². The minimum absolute atomic E-state index is 0.339. The maximum Gasteiger partial charge on any atom is 0.313 e. The van der Waals surface area contributed by atoms with Crippen molar-refractivity contribution in [3.63, 3.8) is 0 Å². The molecule has 1 aromatic carbocycles. The number of piperidine rings is 1. The summed E-state index contributed by atoms with van der Waals surface area (Å²) in [6.45, 7) is 5.48. The Labute approximate surface area is 149 Å². The summed E-state index contributed by atoms with van der Waals surface area (Å²) in [6, 6.07) is 3.86. The van der Waals surface area contributed by atoms with Gasteiger partial charge in [0, 0.05) is 30.8 Å². The molecule has 6 heteroatoms. The summed E-state index contributed by atoms with van der Waals surface area (Å²) < 4.78 is 10.9. The highest BCUT2D eigenvalue weighted by Gasteiger charge is 2.48. The number of aliphatic hydroxyl groups excluding tert-OH is 1. The number of methoxy groups -OCH3 is 2. The maximum atomic E-state index is 11.9. The summed E-state index contributed by atoms with van der Waals surface area (Å²) in [6.07, 6.45) is 0.853. The first-order valence-corrected chi connectivity index (χ1v) is 8.73. The molecule has 1 aliphatic heterocycles. The van der Waals surface area contributed by atoms with Gasteiger partial charge in [-0.3, -0.25) is 9.69 Å². The zero-order valence-electron chi connectivity index (χ0n) is 15.5. The van der Waals surface area contributed by atoms with Crippen molar-refractivity contribution in [3.8, 4) is 11.5 Å². The Hall–Kier alpha value is -1.79. The monoisotopic (exact) mass is 351 g/mol. The van der Waals surface area contributed by atoms with Crippen LogP contribution in [0.5, 0.6) is 11.5 Å². The van der Waals surface area contributed by atoms with E-state index in [1.807, 2.05) is 26.0 Å². The van der Waals surface area contributed by atoms with Crippen LogP contribution in [-0.4, -0.2) is 54.5 Å². The van der Waals surface area contributed by atoms with Gasteiger partial charge in [-0.15, -0.1) is 0 Å². The summed E-state index contributed by atoms with van der Waals surface area (Å²) in [5, 5.41) is 20.1. The smallest absolute Gasteiger partial charge is 0.313 e. The summed E-state index contributed by atoms with van der Waals surface area (Å²) >= 11 is 0. The fourth-order valence-corrected chi connectivity index (χ4v) is 3.91. The fraction of sp³-hybridized carbons (Fsp3) is 0.632. The third-order valence-corrected chi connectivity index (χ3v) is 5.24. The van der Waals surface area contributed by atoms with E-state index in [1.165, 1.54) is 0 Å². The summed E-state index contributed by atoms with van der Waals surface area (Å²) in [4.78, 5) is 14.0. The van der Waals surface area contributed by atoms with Crippen molar-refractivity contribution >= 4 is 5.97 Å². The quantitative estimate of drug-likeness (QED) is 0.786. The summed E-state index contributed by atoms with van der Waals surface area (Å²) in [5.41, 5.74) is 0.826. The molecule has 1 fully saturated rings. The second-order valence-corrected chi connectivity index (χ2v) is 6.81. The van der Waals surface area contributed by atoms with Gasteiger partial charge in [-0.2, -0.15) is 0 Å². The largest absolute Gasteiger partial charge is 0.496 e. The van der Waals surface area contributed by atoms with Crippen molar-refractivity contribution in [1.29, 1.82) is 0 Å². The SMILES string of the molecule is CCC[C@@]1(C(=O)O)CN(Cc2ccc(OC)c(C)c2OC)CC[C@H]1O. The van der Waals surface area contributed by atoms with Gasteiger partial charge in [0.1, 0.15) is 16.9 Å². The molecule has 0 unspecified atom stereocenters.